The predicted octanol–water partition coefficient (Wildman–Crippen LogP) is 3.81. The third-order valence-corrected chi connectivity index (χ3v) is 4.36. The van der Waals surface area contributed by atoms with Gasteiger partial charge in [0.1, 0.15) is 11.4 Å². The van der Waals surface area contributed by atoms with Gasteiger partial charge in [0, 0.05) is 0 Å². The third kappa shape index (κ3) is 5.41. The fourth-order valence-corrected chi connectivity index (χ4v) is 3.15. The molecule has 0 radical (unpaired) electrons. The lowest BCUT2D eigenvalue weighted by Crippen LogP contribution is -2.39. The van der Waals surface area contributed by atoms with E-state index in [1.165, 1.54) is 0 Å². The van der Waals surface area contributed by atoms with Gasteiger partial charge in [-0.2, -0.15) is 0 Å². The van der Waals surface area contributed by atoms with Crippen LogP contribution >= 0.6 is 0 Å². The Morgan fingerprint density at radius 3 is 2.25 bits per heavy atom. The van der Waals surface area contributed by atoms with Crippen molar-refractivity contribution in [3.63, 3.8) is 0 Å². The fraction of sp³-hybridized carbons (Fsp3) is 0.632. The van der Waals surface area contributed by atoms with Crippen LogP contribution in [0.25, 0.3) is 0 Å². The summed E-state index contributed by atoms with van der Waals surface area (Å²) in [6.45, 7) is 5.56. The summed E-state index contributed by atoms with van der Waals surface area (Å²) in [7, 11) is 1.63. The van der Waals surface area contributed by atoms with Crippen LogP contribution in [0, 0.1) is 5.92 Å². The lowest BCUT2D eigenvalue weighted by Gasteiger charge is -2.33. The molecule has 5 heteroatoms. The van der Waals surface area contributed by atoms with Gasteiger partial charge in [-0.3, -0.25) is 0 Å². The molecule has 1 atom stereocenters. The number of hydrogen-bond acceptors (Lipinski definition) is 4. The van der Waals surface area contributed by atoms with Crippen LogP contribution in [0.2, 0.25) is 0 Å². The quantitative estimate of drug-likeness (QED) is 0.878. The zero-order chi connectivity index (χ0) is 17.7. The maximum absolute atomic E-state index is 12.3. The second kappa shape index (κ2) is 7.88. The van der Waals surface area contributed by atoms with Gasteiger partial charge in [0.25, 0.3) is 0 Å². The summed E-state index contributed by atoms with van der Waals surface area (Å²) in [6, 6.07) is 7.63. The molecule has 0 saturated heterocycles. The summed E-state index contributed by atoms with van der Waals surface area (Å²) in [5.74, 6) is 1.07. The number of nitrogens with one attached hydrogen (secondary N) is 1. The number of alkyl carbamates (subject to hydrolysis) is 1. The molecule has 0 spiro atoms. The van der Waals surface area contributed by atoms with Gasteiger partial charge in [-0.1, -0.05) is 12.1 Å². The van der Waals surface area contributed by atoms with Crippen molar-refractivity contribution in [2.75, 3.05) is 7.11 Å². The maximum atomic E-state index is 12.3. The Balaban J connectivity index is 2.15. The van der Waals surface area contributed by atoms with Crippen molar-refractivity contribution in [2.24, 2.45) is 5.92 Å². The standard InChI is InChI=1S/C19H29NO4/c1-19(2,3)24-18(22)20-17(13-5-9-15(21)10-6-13)14-7-11-16(23-4)12-8-14/h7-8,11-13,15,17,21H,5-6,9-10H2,1-4H3,(H,20,22). The van der Waals surface area contributed by atoms with Crippen LogP contribution in [-0.4, -0.2) is 30.0 Å². The summed E-state index contributed by atoms with van der Waals surface area (Å²) in [6.07, 6.45) is 2.68. The summed E-state index contributed by atoms with van der Waals surface area (Å²) < 4.78 is 10.6. The van der Waals surface area contributed by atoms with Crippen molar-refractivity contribution in [1.82, 2.24) is 5.32 Å². The van der Waals surface area contributed by atoms with Crippen molar-refractivity contribution in [3.8, 4) is 5.75 Å². The molecule has 2 N–H and O–H groups in total. The number of aliphatic hydroxyl groups excluding tert-OH is 1. The minimum Gasteiger partial charge on any atom is -0.497 e. The Morgan fingerprint density at radius 1 is 1.17 bits per heavy atom. The molecule has 1 fully saturated rings. The molecule has 134 valence electrons. The first-order valence-electron chi connectivity index (χ1n) is 8.60. The molecular formula is C19H29NO4. The summed E-state index contributed by atoms with van der Waals surface area (Å²) in [4.78, 5) is 12.3. The molecule has 24 heavy (non-hydrogen) atoms. The molecule has 1 amide bonds. The van der Waals surface area contributed by atoms with Crippen LogP contribution in [0.1, 0.15) is 58.1 Å². The van der Waals surface area contributed by atoms with E-state index in [2.05, 4.69) is 5.32 Å². The number of amides is 1. The van der Waals surface area contributed by atoms with E-state index in [0.29, 0.717) is 0 Å². The summed E-state index contributed by atoms with van der Waals surface area (Å²) in [5, 5.41) is 12.8. The maximum Gasteiger partial charge on any atom is 0.408 e. The van der Waals surface area contributed by atoms with E-state index in [4.69, 9.17) is 9.47 Å². The minimum atomic E-state index is -0.530. The van der Waals surface area contributed by atoms with Gasteiger partial charge in [-0.05, 0) is 70.1 Å². The lowest BCUT2D eigenvalue weighted by molar-refractivity contribution is 0.0450. The number of ether oxygens (including phenoxy) is 2. The molecule has 0 bridgehead atoms. The number of methoxy groups -OCH3 is 1. The normalized spacial score (nSPS) is 22.5. The molecule has 1 saturated carbocycles. The van der Waals surface area contributed by atoms with E-state index >= 15 is 0 Å². The minimum absolute atomic E-state index is 0.127. The molecule has 5 nitrogen and oxygen atoms in total. The second-order valence-electron chi connectivity index (χ2n) is 7.47. The van der Waals surface area contributed by atoms with E-state index in [-0.39, 0.29) is 18.1 Å². The summed E-state index contributed by atoms with van der Waals surface area (Å²) >= 11 is 0. The predicted molar refractivity (Wildman–Crippen MR) is 93.1 cm³/mol. The number of benzene rings is 1. The molecule has 2 rings (SSSR count). The highest BCUT2D eigenvalue weighted by molar-refractivity contribution is 5.68. The van der Waals surface area contributed by atoms with Gasteiger partial charge in [0.05, 0.1) is 19.3 Å². The van der Waals surface area contributed by atoms with Crippen molar-refractivity contribution in [2.45, 2.75) is 64.2 Å². The number of aliphatic hydroxyl groups is 1. The number of carbonyl (C=O) groups excluding carboxylic acids is 1. The van der Waals surface area contributed by atoms with Crippen LogP contribution in [0.3, 0.4) is 0 Å². The van der Waals surface area contributed by atoms with E-state index in [0.717, 1.165) is 37.0 Å². The largest absolute Gasteiger partial charge is 0.497 e. The zero-order valence-corrected chi connectivity index (χ0v) is 15.0. The first-order valence-corrected chi connectivity index (χ1v) is 8.60. The number of hydrogen-bond donors (Lipinski definition) is 2. The topological polar surface area (TPSA) is 67.8 Å². The Labute approximate surface area is 144 Å². The van der Waals surface area contributed by atoms with Gasteiger partial charge in [-0.15, -0.1) is 0 Å². The smallest absolute Gasteiger partial charge is 0.408 e. The number of carbonyl (C=O) groups is 1. The van der Waals surface area contributed by atoms with Gasteiger partial charge in [-0.25, -0.2) is 4.79 Å². The Morgan fingerprint density at radius 2 is 1.75 bits per heavy atom. The third-order valence-electron chi connectivity index (χ3n) is 4.36. The molecule has 0 aliphatic heterocycles. The van der Waals surface area contributed by atoms with E-state index in [1.807, 2.05) is 45.0 Å². The van der Waals surface area contributed by atoms with Crippen molar-refractivity contribution < 1.29 is 19.4 Å². The van der Waals surface area contributed by atoms with Crippen LogP contribution in [0.15, 0.2) is 24.3 Å². The van der Waals surface area contributed by atoms with Crippen molar-refractivity contribution in [1.29, 1.82) is 0 Å². The fourth-order valence-electron chi connectivity index (χ4n) is 3.15. The average Bonchev–Trinajstić information content (AvgIpc) is 2.52. The highest BCUT2D eigenvalue weighted by atomic mass is 16.6. The van der Waals surface area contributed by atoms with E-state index in [9.17, 15) is 9.90 Å². The van der Waals surface area contributed by atoms with Gasteiger partial charge < -0.3 is 19.9 Å². The Kier molecular flexibility index (Phi) is 6.10. The Bertz CT molecular complexity index is 527. The van der Waals surface area contributed by atoms with E-state index in [1.54, 1.807) is 7.11 Å². The average molecular weight is 335 g/mol. The van der Waals surface area contributed by atoms with Crippen LogP contribution in [0.5, 0.6) is 5.75 Å². The second-order valence-corrected chi connectivity index (χ2v) is 7.47. The number of rotatable bonds is 4. The highest BCUT2D eigenvalue weighted by Crippen LogP contribution is 2.35. The molecule has 1 aromatic rings. The highest BCUT2D eigenvalue weighted by Gasteiger charge is 2.30. The van der Waals surface area contributed by atoms with Gasteiger partial charge in [0.15, 0.2) is 0 Å². The molecule has 1 aromatic carbocycles. The monoisotopic (exact) mass is 335 g/mol. The SMILES string of the molecule is COc1ccc(C(NC(=O)OC(C)(C)C)C2CCC(O)CC2)cc1. The van der Waals surface area contributed by atoms with Gasteiger partial charge >= 0.3 is 6.09 Å². The van der Waals surface area contributed by atoms with Crippen LogP contribution < -0.4 is 10.1 Å². The molecule has 0 aromatic heterocycles. The zero-order valence-electron chi connectivity index (χ0n) is 15.0. The lowest BCUT2D eigenvalue weighted by atomic mass is 9.80. The molecular weight excluding hydrogens is 306 g/mol. The first kappa shape index (κ1) is 18.6. The summed E-state index contributed by atoms with van der Waals surface area (Å²) in [5.41, 5.74) is 0.500. The van der Waals surface area contributed by atoms with Crippen LogP contribution in [-0.2, 0) is 4.74 Å². The first-order chi connectivity index (χ1) is 11.3. The molecule has 1 aliphatic rings. The Hall–Kier alpha value is -1.75. The van der Waals surface area contributed by atoms with E-state index < -0.39 is 11.7 Å². The van der Waals surface area contributed by atoms with Crippen molar-refractivity contribution in [3.05, 3.63) is 29.8 Å². The molecule has 1 unspecified atom stereocenters. The van der Waals surface area contributed by atoms with Gasteiger partial charge in [0.2, 0.25) is 0 Å². The van der Waals surface area contributed by atoms with Crippen LogP contribution in [0.4, 0.5) is 4.79 Å². The van der Waals surface area contributed by atoms with Crippen molar-refractivity contribution >= 4 is 6.09 Å². The molecule has 0 heterocycles. The molecule has 1 aliphatic carbocycles.